The van der Waals surface area contributed by atoms with Gasteiger partial charge < -0.3 is 32.3 Å². The maximum absolute atomic E-state index is 11.3. The van der Waals surface area contributed by atoms with E-state index in [-0.39, 0.29) is 11.3 Å². The molecular weight excluding hydrogens is 692 g/mol. The van der Waals surface area contributed by atoms with Gasteiger partial charge in [0.05, 0.1) is 4.92 Å². The normalized spacial score (nSPS) is 11.7. The predicted octanol–water partition coefficient (Wildman–Crippen LogP) is 6.84. The Balaban J connectivity index is 0.000000347. The van der Waals surface area contributed by atoms with Crippen molar-refractivity contribution in [3.8, 4) is 0 Å². The van der Waals surface area contributed by atoms with Gasteiger partial charge in [-0.05, 0) is 91.2 Å². The summed E-state index contributed by atoms with van der Waals surface area (Å²) in [5.41, 5.74) is 5.96. The van der Waals surface area contributed by atoms with E-state index in [1.165, 1.54) is 28.8 Å². The number of rotatable bonds is 23. The van der Waals surface area contributed by atoms with E-state index in [4.69, 9.17) is 32.3 Å². The summed E-state index contributed by atoms with van der Waals surface area (Å²) in [6.07, 6.45) is 1.99. The molecule has 50 heavy (non-hydrogen) atoms. The van der Waals surface area contributed by atoms with Crippen molar-refractivity contribution in [2.75, 3.05) is 45.8 Å². The molecule has 11 nitrogen and oxygen atoms in total. The highest BCUT2D eigenvalue weighted by molar-refractivity contribution is 7.73. The van der Waals surface area contributed by atoms with E-state index in [1.807, 2.05) is 41.5 Å². The van der Waals surface area contributed by atoms with Crippen LogP contribution in [0.5, 0.6) is 0 Å². The van der Waals surface area contributed by atoms with Crippen LogP contribution in [0.15, 0.2) is 78.9 Å². The number of nitro groups is 1. The molecule has 3 aromatic carbocycles. The van der Waals surface area contributed by atoms with E-state index in [2.05, 4.69) is 60.7 Å². The zero-order chi connectivity index (χ0) is 36.8. The fraction of sp³-hybridized carbons (Fsp3) is 0.472. The quantitative estimate of drug-likeness (QED) is 0.0478. The van der Waals surface area contributed by atoms with Crippen LogP contribution >= 0.6 is 7.92 Å². The van der Waals surface area contributed by atoms with E-state index in [0.29, 0.717) is 64.1 Å². The van der Waals surface area contributed by atoms with Gasteiger partial charge in [0.15, 0.2) is 0 Å². The summed E-state index contributed by atoms with van der Waals surface area (Å²) in [5.74, 6) is -0.613. The number of primary amides is 1. The molecule has 0 bridgehead atoms. The first-order chi connectivity index (χ1) is 24.1. The molecule has 0 aliphatic heterocycles. The second kappa shape index (κ2) is 23.6. The lowest BCUT2D eigenvalue weighted by Crippen LogP contribution is -2.46. The Hall–Kier alpha value is -2.85. The molecule has 0 saturated carbocycles. The summed E-state index contributed by atoms with van der Waals surface area (Å²) in [4.78, 5) is 22.1. The van der Waals surface area contributed by atoms with Crippen LogP contribution in [0.25, 0.3) is 0 Å². The second-order valence-electron chi connectivity index (χ2n) is 10.9. The maximum Gasteiger partial charge on any atom is 0.501 e. The van der Waals surface area contributed by atoms with Gasteiger partial charge in [0.1, 0.15) is 0 Å². The van der Waals surface area contributed by atoms with Crippen molar-refractivity contribution in [3.63, 3.8) is 0 Å². The molecule has 0 fully saturated rings. The molecule has 0 unspecified atom stereocenters. The Morgan fingerprint density at radius 2 is 1.10 bits per heavy atom. The number of carbonyl (C=O) groups excluding carboxylic acids is 1. The highest BCUT2D eigenvalue weighted by atomic mass is 31.1. The monoisotopic (exact) mass is 746 g/mol. The van der Waals surface area contributed by atoms with Crippen LogP contribution in [0, 0.1) is 10.1 Å². The fourth-order valence-electron chi connectivity index (χ4n) is 5.49. The lowest BCUT2D eigenvalue weighted by molar-refractivity contribution is -0.385. The van der Waals surface area contributed by atoms with Crippen LogP contribution in [0.2, 0.25) is 12.1 Å². The predicted molar refractivity (Wildman–Crippen MR) is 205 cm³/mol. The molecule has 3 aromatic rings. The van der Waals surface area contributed by atoms with E-state index < -0.39 is 36.4 Å². The van der Waals surface area contributed by atoms with Crippen LogP contribution < -0.4 is 16.3 Å². The molecule has 0 atom stereocenters. The maximum atomic E-state index is 11.3. The molecule has 0 aromatic heterocycles. The van der Waals surface area contributed by atoms with Crippen molar-refractivity contribution in [3.05, 3.63) is 100 Å². The highest BCUT2D eigenvalue weighted by Crippen LogP contribution is 2.37. The number of hydrogen-bond acceptors (Lipinski definition) is 9. The Kier molecular flexibility index (Phi) is 20.4. The lowest BCUT2D eigenvalue weighted by atomic mass is 10.0. The van der Waals surface area contributed by atoms with Crippen LogP contribution in [0.4, 0.5) is 5.69 Å². The number of carbonyl (C=O) groups is 1. The average Bonchev–Trinajstić information content (AvgIpc) is 3.10. The molecule has 14 heteroatoms. The number of amides is 1. The van der Waals surface area contributed by atoms with Crippen LogP contribution in [0.3, 0.4) is 0 Å². The number of nitrogens with zero attached hydrogens (tertiary/aromatic N) is 1. The number of aryl methyl sites for hydroxylation is 1. The van der Waals surface area contributed by atoms with Gasteiger partial charge in [0, 0.05) is 68.9 Å². The Labute approximate surface area is 301 Å². The van der Waals surface area contributed by atoms with Gasteiger partial charge in [0.25, 0.3) is 5.69 Å². The second-order valence-corrected chi connectivity index (χ2v) is 18.7. The minimum atomic E-state index is -2.79. The van der Waals surface area contributed by atoms with E-state index in [1.54, 1.807) is 0 Å². The average molecular weight is 747 g/mol. The van der Waals surface area contributed by atoms with Gasteiger partial charge in [-0.1, -0.05) is 60.7 Å². The molecule has 0 spiro atoms. The standard InChI is InChI=1S/C20H29O3PSi.C16H26N2O6Si/c1-4-21-25(22-5-2,23-6-3)18-17-24(19-13-9-7-10-14-19)20-15-11-8-12-16-20;1-4-22-25(23-5-2,24-6-3)11-7-8-13-12-14(16(17)19)9-10-15(13)18(20)21/h7-16H,4-6,17-18H2,1-3H3;9-10,12H,4-8,11H2,1-3H3,(H2,17,19). The van der Waals surface area contributed by atoms with E-state index in [0.717, 1.165) is 12.2 Å². The number of hydrogen-bond donors (Lipinski definition) is 1. The Morgan fingerprint density at radius 1 is 0.680 bits per heavy atom. The van der Waals surface area contributed by atoms with Gasteiger partial charge in [0.2, 0.25) is 5.91 Å². The van der Waals surface area contributed by atoms with Gasteiger partial charge in [-0.25, -0.2) is 0 Å². The van der Waals surface area contributed by atoms with Crippen molar-refractivity contribution in [2.45, 2.75) is 66.5 Å². The summed E-state index contributed by atoms with van der Waals surface area (Å²) in [5, 5.41) is 14.0. The summed E-state index contributed by atoms with van der Waals surface area (Å²) in [6.45, 7) is 15.0. The Bertz CT molecular complexity index is 1330. The van der Waals surface area contributed by atoms with Crippen molar-refractivity contribution < 1.29 is 36.3 Å². The number of benzene rings is 3. The number of nitro benzene ring substituents is 1. The van der Waals surface area contributed by atoms with E-state index >= 15 is 0 Å². The first kappa shape index (κ1) is 43.3. The molecule has 1 amide bonds. The summed E-state index contributed by atoms with van der Waals surface area (Å²) in [6, 6.07) is 27.1. The zero-order valence-corrected chi connectivity index (χ0v) is 33.3. The molecule has 276 valence electrons. The summed E-state index contributed by atoms with van der Waals surface area (Å²) >= 11 is 0. The zero-order valence-electron chi connectivity index (χ0n) is 30.4. The smallest absolute Gasteiger partial charge is 0.374 e. The third-order valence-corrected chi connectivity index (χ3v) is 16.6. The first-order valence-electron chi connectivity index (χ1n) is 17.4. The topological polar surface area (TPSA) is 142 Å². The molecule has 2 N–H and O–H groups in total. The van der Waals surface area contributed by atoms with Crippen molar-refractivity contribution >= 4 is 47.7 Å². The summed E-state index contributed by atoms with van der Waals surface area (Å²) in [7, 11) is -5.85. The van der Waals surface area contributed by atoms with Gasteiger partial charge >= 0.3 is 17.6 Å². The van der Waals surface area contributed by atoms with Gasteiger partial charge in [-0.2, -0.15) is 0 Å². The van der Waals surface area contributed by atoms with Crippen LogP contribution in [-0.4, -0.2) is 74.2 Å². The van der Waals surface area contributed by atoms with Crippen LogP contribution in [0.1, 0.15) is 63.9 Å². The van der Waals surface area contributed by atoms with Gasteiger partial charge in [-0.15, -0.1) is 0 Å². The molecule has 0 radical (unpaired) electrons. The molecule has 0 saturated heterocycles. The van der Waals surface area contributed by atoms with Crippen molar-refractivity contribution in [1.29, 1.82) is 0 Å². The lowest BCUT2D eigenvalue weighted by Gasteiger charge is -2.30. The molecule has 3 rings (SSSR count). The van der Waals surface area contributed by atoms with Crippen LogP contribution in [-0.2, 0) is 33.0 Å². The highest BCUT2D eigenvalue weighted by Gasteiger charge is 2.41. The minimum absolute atomic E-state index is 0.0264. The molecule has 0 aliphatic rings. The summed E-state index contributed by atoms with van der Waals surface area (Å²) < 4.78 is 35.4. The molecule has 0 aliphatic carbocycles. The van der Waals surface area contributed by atoms with E-state index in [9.17, 15) is 14.9 Å². The molecular formula is C36H55N2O9PSi2. The van der Waals surface area contributed by atoms with Crippen molar-refractivity contribution in [1.82, 2.24) is 0 Å². The fourth-order valence-corrected chi connectivity index (χ4v) is 14.0. The van der Waals surface area contributed by atoms with Gasteiger partial charge in [-0.3, -0.25) is 14.9 Å². The van der Waals surface area contributed by atoms with Crippen molar-refractivity contribution in [2.24, 2.45) is 5.73 Å². The Morgan fingerprint density at radius 3 is 1.48 bits per heavy atom. The number of nitrogens with two attached hydrogens (primary N) is 1. The SMILES string of the molecule is CCO[Si](CCCc1cc(C(N)=O)ccc1[N+](=O)[O-])(OCC)OCC.CCO[Si](CCP(c1ccccc1)c1ccccc1)(OCC)OCC. The third-order valence-electron chi connectivity index (χ3n) is 7.45. The third kappa shape index (κ3) is 14.1. The minimum Gasteiger partial charge on any atom is -0.374 e. The largest absolute Gasteiger partial charge is 0.501 e. The first-order valence-corrected chi connectivity index (χ1v) is 22.8. The molecule has 0 heterocycles.